The molecule has 5 nitrogen and oxygen atoms in total. The normalized spacial score (nSPS) is 18.2. The molecule has 1 amide bonds. The molecule has 6 heteroatoms. The van der Waals surface area contributed by atoms with Crippen LogP contribution in [0.1, 0.15) is 65.6 Å². The van der Waals surface area contributed by atoms with E-state index in [2.05, 4.69) is 31.2 Å². The van der Waals surface area contributed by atoms with E-state index in [1.807, 2.05) is 29.2 Å². The number of benzene rings is 1. The summed E-state index contributed by atoms with van der Waals surface area (Å²) in [5.41, 5.74) is 1.36. The Morgan fingerprint density at radius 1 is 1.15 bits per heavy atom. The topological polar surface area (TPSA) is 77.8 Å². The zero-order chi connectivity index (χ0) is 23.6. The minimum Gasteiger partial charge on any atom is -0.477 e. The molecule has 33 heavy (non-hydrogen) atoms. The molecule has 0 unspecified atom stereocenters. The number of likely N-dealkylation sites (tertiary alicyclic amines) is 1. The first-order chi connectivity index (χ1) is 15.9. The van der Waals surface area contributed by atoms with Crippen molar-refractivity contribution >= 4 is 23.2 Å². The highest BCUT2D eigenvalue weighted by molar-refractivity contribution is 7.13. The van der Waals surface area contributed by atoms with Gasteiger partial charge in [-0.05, 0) is 62.1 Å². The molecule has 0 bridgehead atoms. The van der Waals surface area contributed by atoms with Crippen LogP contribution in [0.4, 0.5) is 0 Å². The predicted molar refractivity (Wildman–Crippen MR) is 133 cm³/mol. The van der Waals surface area contributed by atoms with Crippen molar-refractivity contribution in [2.75, 3.05) is 6.54 Å². The molecule has 1 aliphatic heterocycles. The van der Waals surface area contributed by atoms with Crippen LogP contribution in [0.3, 0.4) is 0 Å². The van der Waals surface area contributed by atoms with E-state index < -0.39 is 12.1 Å². The highest BCUT2D eigenvalue weighted by atomic mass is 32.1. The number of carbonyl (C=O) groups is 2. The third-order valence-corrected chi connectivity index (χ3v) is 7.53. The van der Waals surface area contributed by atoms with Crippen LogP contribution >= 0.6 is 11.3 Å². The van der Waals surface area contributed by atoms with E-state index in [-0.39, 0.29) is 17.9 Å². The van der Waals surface area contributed by atoms with Gasteiger partial charge < -0.3 is 15.1 Å². The molecule has 0 saturated carbocycles. The maximum absolute atomic E-state index is 12.3. The number of hydrogen-bond donors (Lipinski definition) is 2. The smallest absolute Gasteiger partial charge is 0.345 e. The van der Waals surface area contributed by atoms with Crippen LogP contribution in [0, 0.1) is 5.92 Å². The summed E-state index contributed by atoms with van der Waals surface area (Å²) in [4.78, 5) is 26.7. The third kappa shape index (κ3) is 7.83. The van der Waals surface area contributed by atoms with Gasteiger partial charge in [-0.15, -0.1) is 11.3 Å². The van der Waals surface area contributed by atoms with Crippen molar-refractivity contribution in [3.63, 3.8) is 0 Å². The fourth-order valence-corrected chi connectivity index (χ4v) is 5.23. The fraction of sp³-hybridized carbons (Fsp3) is 0.481. The Balaban J connectivity index is 1.40. The summed E-state index contributed by atoms with van der Waals surface area (Å²) in [6, 6.07) is 14.0. The highest BCUT2D eigenvalue weighted by Crippen LogP contribution is 2.23. The second-order valence-electron chi connectivity index (χ2n) is 8.95. The SMILES string of the molecule is C[C@H](CCCCc1ccccc1)[C@@H](O)C=C[C@H]1CCC(=O)N1CCCc1ccc(C(=O)O)s1. The van der Waals surface area contributed by atoms with E-state index in [0.717, 1.165) is 49.8 Å². The molecule has 2 heterocycles. The lowest BCUT2D eigenvalue weighted by Crippen LogP contribution is -2.33. The summed E-state index contributed by atoms with van der Waals surface area (Å²) in [6.45, 7) is 2.74. The quantitative estimate of drug-likeness (QED) is 0.307. The molecule has 3 rings (SSSR count). The van der Waals surface area contributed by atoms with Gasteiger partial charge in [0, 0.05) is 17.8 Å². The van der Waals surface area contributed by atoms with Gasteiger partial charge in [0.05, 0.1) is 12.1 Å². The second kappa shape index (κ2) is 12.7. The number of aromatic carboxylic acids is 1. The first kappa shape index (κ1) is 25.2. The molecule has 1 aliphatic rings. The highest BCUT2D eigenvalue weighted by Gasteiger charge is 2.28. The predicted octanol–water partition coefficient (Wildman–Crippen LogP) is 5.34. The number of aliphatic hydroxyl groups is 1. The van der Waals surface area contributed by atoms with Gasteiger partial charge in [0.1, 0.15) is 4.88 Å². The second-order valence-corrected chi connectivity index (χ2v) is 10.1. The molecule has 0 radical (unpaired) electrons. The molecule has 178 valence electrons. The summed E-state index contributed by atoms with van der Waals surface area (Å²) < 4.78 is 0. The van der Waals surface area contributed by atoms with Gasteiger partial charge >= 0.3 is 5.97 Å². The lowest BCUT2D eigenvalue weighted by Gasteiger charge is -2.23. The van der Waals surface area contributed by atoms with Gasteiger partial charge in [-0.1, -0.05) is 55.8 Å². The van der Waals surface area contributed by atoms with Gasteiger partial charge in [-0.2, -0.15) is 0 Å². The van der Waals surface area contributed by atoms with Crippen molar-refractivity contribution in [3.8, 4) is 0 Å². The number of unbranched alkanes of at least 4 members (excludes halogenated alkanes) is 1. The van der Waals surface area contributed by atoms with Gasteiger partial charge in [0.25, 0.3) is 0 Å². The maximum atomic E-state index is 12.3. The molecule has 0 spiro atoms. The number of hydrogen-bond acceptors (Lipinski definition) is 4. The lowest BCUT2D eigenvalue weighted by molar-refractivity contribution is -0.128. The molecule has 1 aromatic carbocycles. The third-order valence-electron chi connectivity index (χ3n) is 6.40. The first-order valence-electron chi connectivity index (χ1n) is 12.0. The average Bonchev–Trinajstić information content (AvgIpc) is 3.43. The summed E-state index contributed by atoms with van der Waals surface area (Å²) in [5.74, 6) is -0.550. The van der Waals surface area contributed by atoms with Crippen LogP contribution in [0.2, 0.25) is 0 Å². The van der Waals surface area contributed by atoms with E-state index in [0.29, 0.717) is 17.8 Å². The van der Waals surface area contributed by atoms with Crippen LogP contribution in [-0.4, -0.2) is 45.7 Å². The summed E-state index contributed by atoms with van der Waals surface area (Å²) >= 11 is 1.30. The fourth-order valence-electron chi connectivity index (χ4n) is 4.34. The Kier molecular flexibility index (Phi) is 9.70. The number of carboxylic acid groups (broad SMARTS) is 1. The van der Waals surface area contributed by atoms with Crippen LogP contribution < -0.4 is 0 Å². The van der Waals surface area contributed by atoms with Crippen molar-refractivity contribution in [1.29, 1.82) is 0 Å². The summed E-state index contributed by atoms with van der Waals surface area (Å²) in [7, 11) is 0. The Morgan fingerprint density at radius 3 is 2.67 bits per heavy atom. The van der Waals surface area contributed by atoms with E-state index in [1.165, 1.54) is 16.9 Å². The number of thiophene rings is 1. The number of carbonyl (C=O) groups excluding carboxylic acids is 1. The zero-order valence-corrected chi connectivity index (χ0v) is 20.2. The minimum atomic E-state index is -0.893. The molecular weight excluding hydrogens is 434 g/mol. The number of aliphatic hydroxyl groups excluding tert-OH is 1. The zero-order valence-electron chi connectivity index (χ0n) is 19.4. The Bertz CT molecular complexity index is 923. The van der Waals surface area contributed by atoms with E-state index in [4.69, 9.17) is 5.11 Å². The van der Waals surface area contributed by atoms with Crippen LogP contribution in [0.15, 0.2) is 54.6 Å². The van der Waals surface area contributed by atoms with E-state index >= 15 is 0 Å². The number of aryl methyl sites for hydroxylation is 2. The molecule has 1 saturated heterocycles. The number of nitrogens with zero attached hydrogens (tertiary/aromatic N) is 1. The Labute approximate surface area is 200 Å². The van der Waals surface area contributed by atoms with Crippen molar-refractivity contribution in [1.82, 2.24) is 4.90 Å². The minimum absolute atomic E-state index is 0.0374. The van der Waals surface area contributed by atoms with Gasteiger partial charge in [0.2, 0.25) is 5.91 Å². The van der Waals surface area contributed by atoms with Gasteiger partial charge in [0.15, 0.2) is 0 Å². The van der Waals surface area contributed by atoms with Gasteiger partial charge in [-0.3, -0.25) is 4.79 Å². The molecule has 1 fully saturated rings. The van der Waals surface area contributed by atoms with Crippen LogP contribution in [0.25, 0.3) is 0 Å². The van der Waals surface area contributed by atoms with E-state index in [9.17, 15) is 14.7 Å². The Morgan fingerprint density at radius 2 is 1.94 bits per heavy atom. The Hall–Kier alpha value is -2.44. The first-order valence-corrected chi connectivity index (χ1v) is 12.8. The summed E-state index contributed by atoms with van der Waals surface area (Å²) in [5, 5.41) is 19.6. The van der Waals surface area contributed by atoms with Crippen LogP contribution in [0.5, 0.6) is 0 Å². The molecule has 0 aliphatic carbocycles. The molecule has 2 aromatic rings. The standard InChI is InChI=1S/C27H35NO4S/c1-20(8-5-6-11-21-9-3-2-4-10-21)24(29)16-13-22-14-18-26(30)28(22)19-7-12-23-15-17-25(33-23)27(31)32/h2-4,9-10,13,15-17,20,22,24,29H,5-8,11-12,14,18-19H2,1H3,(H,31,32)/t20-,22+,24+/m1/s1. The largest absolute Gasteiger partial charge is 0.477 e. The van der Waals surface area contributed by atoms with Crippen LogP contribution in [-0.2, 0) is 17.6 Å². The number of carboxylic acids is 1. The molecule has 3 atom stereocenters. The average molecular weight is 470 g/mol. The van der Waals surface area contributed by atoms with Crippen molar-refractivity contribution < 1.29 is 19.8 Å². The van der Waals surface area contributed by atoms with E-state index in [1.54, 1.807) is 6.07 Å². The van der Waals surface area contributed by atoms with Crippen molar-refractivity contribution in [2.45, 2.75) is 70.4 Å². The van der Waals surface area contributed by atoms with Crippen molar-refractivity contribution in [2.24, 2.45) is 5.92 Å². The number of rotatable bonds is 13. The lowest BCUT2D eigenvalue weighted by atomic mass is 9.95. The monoisotopic (exact) mass is 469 g/mol. The van der Waals surface area contributed by atoms with Gasteiger partial charge in [-0.25, -0.2) is 4.79 Å². The summed E-state index contributed by atoms with van der Waals surface area (Å²) in [6.07, 6.45) is 10.5. The molecule has 2 N–H and O–H groups in total. The number of amides is 1. The molecular formula is C27H35NO4S. The van der Waals surface area contributed by atoms with Crippen molar-refractivity contribution in [3.05, 3.63) is 69.9 Å². The maximum Gasteiger partial charge on any atom is 0.345 e. The molecule has 1 aromatic heterocycles.